The summed E-state index contributed by atoms with van der Waals surface area (Å²) in [6.07, 6.45) is 0.910. The lowest BCUT2D eigenvalue weighted by Gasteiger charge is -2.10. The van der Waals surface area contributed by atoms with Crippen molar-refractivity contribution in [3.8, 4) is 0 Å². The maximum Gasteiger partial charge on any atom is 0.225 e. The lowest BCUT2D eigenvalue weighted by molar-refractivity contribution is -0.116. The lowest BCUT2D eigenvalue weighted by Crippen LogP contribution is -2.26. The van der Waals surface area contributed by atoms with E-state index in [1.807, 2.05) is 6.92 Å². The van der Waals surface area contributed by atoms with Crippen LogP contribution >= 0.6 is 11.6 Å². The van der Waals surface area contributed by atoms with Crippen LogP contribution in [0.1, 0.15) is 19.8 Å². The smallest absolute Gasteiger partial charge is 0.225 e. The zero-order valence-electron chi connectivity index (χ0n) is 8.97. The van der Waals surface area contributed by atoms with E-state index in [4.69, 9.17) is 17.3 Å². The maximum absolute atomic E-state index is 12.9. The first-order valence-corrected chi connectivity index (χ1v) is 5.41. The summed E-state index contributed by atoms with van der Waals surface area (Å²) < 4.78 is 12.9. The van der Waals surface area contributed by atoms with Crippen LogP contribution in [0.3, 0.4) is 0 Å². The molecule has 0 fully saturated rings. The molecule has 0 aliphatic rings. The van der Waals surface area contributed by atoms with E-state index in [9.17, 15) is 9.18 Å². The number of rotatable bonds is 4. The molecule has 1 rings (SSSR count). The van der Waals surface area contributed by atoms with Crippen molar-refractivity contribution in [3.05, 3.63) is 29.0 Å². The normalized spacial score (nSPS) is 12.2. The van der Waals surface area contributed by atoms with Gasteiger partial charge in [-0.3, -0.25) is 4.79 Å². The number of hydrogen-bond acceptors (Lipinski definition) is 2. The van der Waals surface area contributed by atoms with Crippen LogP contribution in [0.5, 0.6) is 0 Å². The minimum atomic E-state index is -0.445. The molecule has 1 unspecified atom stereocenters. The van der Waals surface area contributed by atoms with Gasteiger partial charge in [0.2, 0.25) is 5.91 Å². The molecule has 0 spiro atoms. The number of amides is 1. The summed E-state index contributed by atoms with van der Waals surface area (Å²) in [4.78, 5) is 11.5. The van der Waals surface area contributed by atoms with Gasteiger partial charge in [-0.15, -0.1) is 0 Å². The second-order valence-corrected chi connectivity index (χ2v) is 3.95. The Labute approximate surface area is 98.8 Å². The number of carbonyl (C=O) groups is 1. The van der Waals surface area contributed by atoms with Gasteiger partial charge in [0.1, 0.15) is 5.82 Å². The molecule has 0 aliphatic heterocycles. The fraction of sp³-hybridized carbons (Fsp3) is 0.364. The van der Waals surface area contributed by atoms with Gasteiger partial charge in [0, 0.05) is 12.5 Å². The highest BCUT2D eigenvalue weighted by Crippen LogP contribution is 2.22. The molecule has 0 aromatic heterocycles. The highest BCUT2D eigenvalue weighted by molar-refractivity contribution is 6.33. The summed E-state index contributed by atoms with van der Waals surface area (Å²) in [5, 5.41) is 2.83. The maximum atomic E-state index is 12.9. The molecular formula is C11H14ClFN2O. The number of hydrogen-bond donors (Lipinski definition) is 2. The van der Waals surface area contributed by atoms with Crippen molar-refractivity contribution in [2.45, 2.75) is 25.8 Å². The summed E-state index contributed by atoms with van der Waals surface area (Å²) in [7, 11) is 0. The van der Waals surface area contributed by atoms with Crippen LogP contribution < -0.4 is 11.1 Å². The summed E-state index contributed by atoms with van der Waals surface area (Å²) in [6.45, 7) is 1.90. The van der Waals surface area contributed by atoms with Crippen molar-refractivity contribution in [3.63, 3.8) is 0 Å². The van der Waals surface area contributed by atoms with Crippen LogP contribution in [0, 0.1) is 5.82 Å². The molecule has 5 heteroatoms. The number of anilines is 1. The third-order valence-corrected chi connectivity index (χ3v) is 2.50. The highest BCUT2D eigenvalue weighted by Gasteiger charge is 2.10. The Kier molecular flexibility index (Phi) is 4.71. The van der Waals surface area contributed by atoms with Gasteiger partial charge >= 0.3 is 0 Å². The minimum Gasteiger partial charge on any atom is -0.327 e. The fourth-order valence-electron chi connectivity index (χ4n) is 1.18. The van der Waals surface area contributed by atoms with Crippen LogP contribution in [0.15, 0.2) is 18.2 Å². The molecule has 1 amide bonds. The molecule has 0 saturated carbocycles. The minimum absolute atomic E-state index is 0.188. The second kappa shape index (κ2) is 5.82. The van der Waals surface area contributed by atoms with Crippen molar-refractivity contribution in [2.24, 2.45) is 5.73 Å². The van der Waals surface area contributed by atoms with Crippen LogP contribution in [-0.2, 0) is 4.79 Å². The van der Waals surface area contributed by atoms with Gasteiger partial charge in [-0.05, 0) is 24.6 Å². The Morgan fingerprint density at radius 1 is 1.62 bits per heavy atom. The summed E-state index contributed by atoms with van der Waals surface area (Å²) >= 11 is 5.80. The molecule has 3 nitrogen and oxygen atoms in total. The molecule has 88 valence electrons. The predicted molar refractivity (Wildman–Crippen MR) is 62.9 cm³/mol. The molecule has 16 heavy (non-hydrogen) atoms. The molecular weight excluding hydrogens is 231 g/mol. The van der Waals surface area contributed by atoms with Crippen molar-refractivity contribution < 1.29 is 9.18 Å². The molecule has 0 bridgehead atoms. The third-order valence-electron chi connectivity index (χ3n) is 2.17. The van der Waals surface area contributed by atoms with E-state index in [-0.39, 0.29) is 24.1 Å². The Morgan fingerprint density at radius 3 is 2.94 bits per heavy atom. The van der Waals surface area contributed by atoms with E-state index in [2.05, 4.69) is 5.32 Å². The number of carbonyl (C=O) groups excluding carboxylic acids is 1. The number of nitrogens with two attached hydrogens (primary N) is 1. The Hall–Kier alpha value is -1.13. The van der Waals surface area contributed by atoms with Crippen molar-refractivity contribution in [1.82, 2.24) is 0 Å². The van der Waals surface area contributed by atoms with E-state index in [1.165, 1.54) is 18.2 Å². The van der Waals surface area contributed by atoms with Gasteiger partial charge in [0.15, 0.2) is 0 Å². The predicted octanol–water partition coefficient (Wildman–Crippen LogP) is 2.54. The first-order chi connectivity index (χ1) is 7.52. The number of benzene rings is 1. The molecule has 1 aromatic carbocycles. The van der Waals surface area contributed by atoms with E-state index >= 15 is 0 Å². The van der Waals surface area contributed by atoms with Gasteiger partial charge < -0.3 is 11.1 Å². The Bertz CT molecular complexity index is 384. The molecule has 0 aliphatic carbocycles. The second-order valence-electron chi connectivity index (χ2n) is 3.54. The quantitative estimate of drug-likeness (QED) is 0.855. The highest BCUT2D eigenvalue weighted by atomic mass is 35.5. The molecule has 1 aromatic rings. The van der Waals surface area contributed by atoms with Gasteiger partial charge in [-0.1, -0.05) is 18.5 Å². The van der Waals surface area contributed by atoms with Crippen molar-refractivity contribution in [2.75, 3.05) is 5.32 Å². The van der Waals surface area contributed by atoms with Crippen LogP contribution in [-0.4, -0.2) is 11.9 Å². The molecule has 1 atom stereocenters. The largest absolute Gasteiger partial charge is 0.327 e. The Balaban J connectivity index is 2.65. The Morgan fingerprint density at radius 2 is 2.31 bits per heavy atom. The molecule has 0 saturated heterocycles. The summed E-state index contributed by atoms with van der Waals surface area (Å²) in [5.41, 5.74) is 5.90. The average Bonchev–Trinajstić information content (AvgIpc) is 2.23. The SMILES string of the molecule is CCC(N)CC(=O)Nc1cc(F)ccc1Cl. The molecule has 0 radical (unpaired) electrons. The lowest BCUT2D eigenvalue weighted by atomic mass is 10.1. The van der Waals surface area contributed by atoms with Gasteiger partial charge in [-0.2, -0.15) is 0 Å². The van der Waals surface area contributed by atoms with E-state index in [0.717, 1.165) is 0 Å². The van der Waals surface area contributed by atoms with Gasteiger partial charge in [0.25, 0.3) is 0 Å². The van der Waals surface area contributed by atoms with Gasteiger partial charge in [0.05, 0.1) is 10.7 Å². The monoisotopic (exact) mass is 244 g/mol. The summed E-state index contributed by atoms with van der Waals surface area (Å²) in [6, 6.07) is 3.62. The average molecular weight is 245 g/mol. The topological polar surface area (TPSA) is 55.1 Å². The standard InChI is InChI=1S/C11H14ClFN2O/c1-2-8(14)6-11(16)15-10-5-7(13)3-4-9(10)12/h3-5,8H,2,6,14H2,1H3,(H,15,16). The molecule has 0 heterocycles. The van der Waals surface area contributed by atoms with E-state index in [1.54, 1.807) is 0 Å². The van der Waals surface area contributed by atoms with E-state index in [0.29, 0.717) is 11.4 Å². The zero-order chi connectivity index (χ0) is 12.1. The number of nitrogens with one attached hydrogen (secondary N) is 1. The van der Waals surface area contributed by atoms with Crippen molar-refractivity contribution >= 4 is 23.2 Å². The van der Waals surface area contributed by atoms with Crippen LogP contribution in [0.2, 0.25) is 5.02 Å². The summed E-state index contributed by atoms with van der Waals surface area (Å²) in [5.74, 6) is -0.707. The molecule has 3 N–H and O–H groups in total. The van der Waals surface area contributed by atoms with E-state index < -0.39 is 5.82 Å². The first-order valence-electron chi connectivity index (χ1n) is 5.03. The third kappa shape index (κ3) is 3.79. The number of halogens is 2. The fourth-order valence-corrected chi connectivity index (χ4v) is 1.34. The van der Waals surface area contributed by atoms with Crippen molar-refractivity contribution in [1.29, 1.82) is 0 Å². The van der Waals surface area contributed by atoms with Crippen LogP contribution in [0.25, 0.3) is 0 Å². The first kappa shape index (κ1) is 12.9. The van der Waals surface area contributed by atoms with Crippen LogP contribution in [0.4, 0.5) is 10.1 Å². The van der Waals surface area contributed by atoms with Gasteiger partial charge in [-0.25, -0.2) is 4.39 Å². The zero-order valence-corrected chi connectivity index (χ0v) is 9.72.